The summed E-state index contributed by atoms with van der Waals surface area (Å²) in [5.41, 5.74) is 3.68. The van der Waals surface area contributed by atoms with Gasteiger partial charge in [0, 0.05) is 6.54 Å². The molecular formula is C18H23N5O2S. The van der Waals surface area contributed by atoms with Crippen molar-refractivity contribution < 1.29 is 9.53 Å². The molecule has 138 valence electrons. The number of likely N-dealkylation sites (N-methyl/N-ethyl adjacent to an activating group) is 1. The number of carbonyl (C=O) groups is 1. The molecule has 2 aromatic heterocycles. The summed E-state index contributed by atoms with van der Waals surface area (Å²) in [7, 11) is 0. The third-order valence-electron chi connectivity index (χ3n) is 4.08. The minimum Gasteiger partial charge on any atom is -0.492 e. The summed E-state index contributed by atoms with van der Waals surface area (Å²) < 4.78 is 7.46. The molecule has 2 amide bonds. The van der Waals surface area contributed by atoms with Gasteiger partial charge in [-0.2, -0.15) is 5.10 Å². The molecule has 1 atom stereocenters. The van der Waals surface area contributed by atoms with Crippen LogP contribution in [-0.4, -0.2) is 45.2 Å². The van der Waals surface area contributed by atoms with Gasteiger partial charge in [-0.25, -0.2) is 14.3 Å². The molecule has 0 saturated carbocycles. The highest BCUT2D eigenvalue weighted by Crippen LogP contribution is 2.15. The number of fused-ring (bicyclic) bond motifs is 1. The highest BCUT2D eigenvalue weighted by Gasteiger charge is 2.18. The molecule has 7 nitrogen and oxygen atoms in total. The maximum Gasteiger partial charge on any atom is 0.318 e. The van der Waals surface area contributed by atoms with Crippen molar-refractivity contribution in [1.29, 1.82) is 0 Å². The van der Waals surface area contributed by atoms with Crippen LogP contribution in [0, 0.1) is 6.92 Å². The zero-order valence-electron chi connectivity index (χ0n) is 15.2. The Bertz CT molecular complexity index is 847. The minimum atomic E-state index is -0.192. The molecule has 26 heavy (non-hydrogen) atoms. The Morgan fingerprint density at radius 1 is 1.46 bits per heavy atom. The lowest BCUT2D eigenvalue weighted by Gasteiger charge is -2.23. The first kappa shape index (κ1) is 18.2. The molecule has 3 aromatic rings. The van der Waals surface area contributed by atoms with Crippen LogP contribution < -0.4 is 10.1 Å². The monoisotopic (exact) mass is 373 g/mol. The van der Waals surface area contributed by atoms with E-state index >= 15 is 0 Å². The Morgan fingerprint density at radius 3 is 3.04 bits per heavy atom. The largest absolute Gasteiger partial charge is 0.492 e. The van der Waals surface area contributed by atoms with Crippen LogP contribution in [0.4, 0.5) is 4.79 Å². The van der Waals surface area contributed by atoms with Crippen molar-refractivity contribution in [3.8, 4) is 5.75 Å². The van der Waals surface area contributed by atoms with Crippen molar-refractivity contribution in [2.75, 3.05) is 19.7 Å². The molecule has 1 aromatic carbocycles. The average molecular weight is 373 g/mol. The maximum absolute atomic E-state index is 12.5. The molecule has 0 aliphatic carbocycles. The van der Waals surface area contributed by atoms with Crippen LogP contribution in [0.15, 0.2) is 36.0 Å². The molecule has 0 radical (unpaired) electrons. The fourth-order valence-corrected chi connectivity index (χ4v) is 3.21. The first-order valence-corrected chi connectivity index (χ1v) is 9.48. The molecule has 0 bridgehead atoms. The molecule has 2 heterocycles. The van der Waals surface area contributed by atoms with Gasteiger partial charge < -0.3 is 15.0 Å². The van der Waals surface area contributed by atoms with Crippen molar-refractivity contribution in [3.05, 3.63) is 47.2 Å². The Morgan fingerprint density at radius 2 is 2.31 bits per heavy atom. The predicted molar refractivity (Wildman–Crippen MR) is 102 cm³/mol. The standard InChI is InChI=1S/C18H23N5O2S/c1-4-22(8-9-25-15-7-5-6-13(2)10-15)17(24)20-14(3)16-11-23-18(21-16)26-12-19-23/h5-7,10-12,14H,4,8-9H2,1-3H3,(H,20,24)/t14-/m0/s1. The van der Waals surface area contributed by atoms with Crippen LogP contribution in [-0.2, 0) is 0 Å². The van der Waals surface area contributed by atoms with Crippen LogP contribution in [0.25, 0.3) is 4.96 Å². The molecule has 0 aliphatic heterocycles. The van der Waals surface area contributed by atoms with Gasteiger partial charge in [-0.3, -0.25) is 0 Å². The summed E-state index contributed by atoms with van der Waals surface area (Å²) in [6.45, 7) is 7.46. The van der Waals surface area contributed by atoms with E-state index in [2.05, 4.69) is 15.4 Å². The van der Waals surface area contributed by atoms with Gasteiger partial charge in [0.1, 0.15) is 17.9 Å². The molecule has 3 rings (SSSR count). The second kappa shape index (κ2) is 8.18. The topological polar surface area (TPSA) is 71.8 Å². The Hall–Kier alpha value is -2.61. The molecule has 1 N–H and O–H groups in total. The molecule has 0 aliphatic rings. The SMILES string of the molecule is CCN(CCOc1cccc(C)c1)C(=O)N[C@@H](C)c1cn2ncsc2n1. The van der Waals surface area contributed by atoms with Crippen LogP contribution in [0.3, 0.4) is 0 Å². The zero-order chi connectivity index (χ0) is 18.5. The lowest BCUT2D eigenvalue weighted by atomic mass is 10.2. The molecule has 0 unspecified atom stereocenters. The van der Waals surface area contributed by atoms with Gasteiger partial charge in [-0.05, 0) is 38.5 Å². The van der Waals surface area contributed by atoms with Crippen LogP contribution in [0.2, 0.25) is 0 Å². The molecule has 0 spiro atoms. The minimum absolute atomic E-state index is 0.128. The van der Waals surface area contributed by atoms with Gasteiger partial charge in [0.25, 0.3) is 0 Å². The number of imidazole rings is 1. The number of amides is 2. The van der Waals surface area contributed by atoms with E-state index in [9.17, 15) is 4.79 Å². The summed E-state index contributed by atoms with van der Waals surface area (Å²) in [5, 5.41) is 7.15. The highest BCUT2D eigenvalue weighted by atomic mass is 32.1. The number of nitrogens with zero attached hydrogens (tertiary/aromatic N) is 4. The van der Waals surface area contributed by atoms with E-state index in [0.29, 0.717) is 19.7 Å². The van der Waals surface area contributed by atoms with Crippen LogP contribution in [0.5, 0.6) is 5.75 Å². The Balaban J connectivity index is 1.52. The predicted octanol–water partition coefficient (Wildman–Crippen LogP) is 3.27. The summed E-state index contributed by atoms with van der Waals surface area (Å²) in [6.07, 6.45) is 1.84. The lowest BCUT2D eigenvalue weighted by Crippen LogP contribution is -2.42. The number of hydrogen-bond acceptors (Lipinski definition) is 5. The summed E-state index contributed by atoms with van der Waals surface area (Å²) in [6, 6.07) is 7.57. The molecule has 8 heteroatoms. The smallest absolute Gasteiger partial charge is 0.318 e. The number of aryl methyl sites for hydroxylation is 1. The third kappa shape index (κ3) is 4.32. The normalized spacial score (nSPS) is 12.1. The van der Waals surface area contributed by atoms with Gasteiger partial charge in [0.15, 0.2) is 0 Å². The number of nitrogens with one attached hydrogen (secondary N) is 1. The van der Waals surface area contributed by atoms with Gasteiger partial charge in [0.2, 0.25) is 4.96 Å². The summed E-state index contributed by atoms with van der Waals surface area (Å²) >= 11 is 1.47. The number of benzene rings is 1. The van der Waals surface area contributed by atoms with E-state index in [1.54, 1.807) is 14.9 Å². The summed E-state index contributed by atoms with van der Waals surface area (Å²) in [4.78, 5) is 19.5. The number of carbonyl (C=O) groups excluding carboxylic acids is 1. The number of rotatable bonds is 7. The number of hydrogen-bond donors (Lipinski definition) is 1. The molecule has 0 saturated heterocycles. The van der Waals surface area contributed by atoms with Crippen molar-refractivity contribution in [1.82, 2.24) is 24.8 Å². The summed E-state index contributed by atoms with van der Waals surface area (Å²) in [5.74, 6) is 0.820. The van der Waals surface area contributed by atoms with Crippen molar-refractivity contribution in [3.63, 3.8) is 0 Å². The zero-order valence-corrected chi connectivity index (χ0v) is 16.0. The van der Waals surface area contributed by atoms with Crippen molar-refractivity contribution in [2.24, 2.45) is 0 Å². The lowest BCUT2D eigenvalue weighted by molar-refractivity contribution is 0.182. The van der Waals surface area contributed by atoms with Crippen molar-refractivity contribution in [2.45, 2.75) is 26.8 Å². The Labute approximate surface area is 156 Å². The average Bonchev–Trinajstić information content (AvgIpc) is 3.20. The van der Waals surface area contributed by atoms with Gasteiger partial charge in [0.05, 0.1) is 24.5 Å². The van der Waals surface area contributed by atoms with Crippen LogP contribution in [0.1, 0.15) is 31.1 Å². The van der Waals surface area contributed by atoms with E-state index < -0.39 is 0 Å². The molecular weight excluding hydrogens is 350 g/mol. The number of urea groups is 1. The fourth-order valence-electron chi connectivity index (χ4n) is 2.60. The van der Waals surface area contributed by atoms with Crippen molar-refractivity contribution >= 4 is 22.3 Å². The van der Waals surface area contributed by atoms with Gasteiger partial charge >= 0.3 is 6.03 Å². The van der Waals surface area contributed by atoms with E-state index in [1.165, 1.54) is 11.3 Å². The third-order valence-corrected chi connectivity index (χ3v) is 4.77. The van der Waals surface area contributed by atoms with E-state index in [4.69, 9.17) is 4.74 Å². The van der Waals surface area contributed by atoms with E-state index in [1.807, 2.05) is 51.2 Å². The van der Waals surface area contributed by atoms with E-state index in [0.717, 1.165) is 22.0 Å². The maximum atomic E-state index is 12.5. The highest BCUT2D eigenvalue weighted by molar-refractivity contribution is 7.14. The second-order valence-corrected chi connectivity index (χ2v) is 6.86. The number of aromatic nitrogens is 3. The van der Waals surface area contributed by atoms with Crippen LogP contribution >= 0.6 is 11.3 Å². The van der Waals surface area contributed by atoms with Gasteiger partial charge in [-0.1, -0.05) is 23.5 Å². The van der Waals surface area contributed by atoms with E-state index in [-0.39, 0.29) is 12.1 Å². The second-order valence-electron chi connectivity index (χ2n) is 6.05. The Kier molecular flexibility index (Phi) is 5.72. The number of ether oxygens (including phenoxy) is 1. The first-order chi connectivity index (χ1) is 12.6. The van der Waals surface area contributed by atoms with Gasteiger partial charge in [-0.15, -0.1) is 0 Å². The first-order valence-electron chi connectivity index (χ1n) is 8.60. The fraction of sp³-hybridized carbons (Fsp3) is 0.389. The quantitative estimate of drug-likeness (QED) is 0.690. The molecule has 0 fully saturated rings.